The Bertz CT molecular complexity index is 721. The van der Waals surface area contributed by atoms with Crippen LogP contribution in [0.5, 0.6) is 0 Å². The third-order valence-corrected chi connectivity index (χ3v) is 6.08. The van der Waals surface area contributed by atoms with Gasteiger partial charge in [-0.15, -0.1) is 23.1 Å². The van der Waals surface area contributed by atoms with Crippen molar-refractivity contribution in [3.05, 3.63) is 63.9 Å². The van der Waals surface area contributed by atoms with E-state index in [2.05, 4.69) is 75.2 Å². The van der Waals surface area contributed by atoms with E-state index in [4.69, 9.17) is 0 Å². The average molecular weight is 378 g/mol. The van der Waals surface area contributed by atoms with Gasteiger partial charge in [0.2, 0.25) is 0 Å². The highest BCUT2D eigenvalue weighted by molar-refractivity contribution is 9.10. The van der Waals surface area contributed by atoms with Gasteiger partial charge in [-0.3, -0.25) is 0 Å². The molecule has 0 saturated carbocycles. The molecule has 1 nitrogen and oxygen atoms in total. The summed E-state index contributed by atoms with van der Waals surface area (Å²) >= 11 is 7.19. The van der Waals surface area contributed by atoms with Crippen molar-refractivity contribution >= 4 is 49.1 Å². The zero-order chi connectivity index (χ0) is 14.7. The molecule has 1 heterocycles. The maximum absolute atomic E-state index is 3.48. The average Bonchev–Trinajstić information content (AvgIpc) is 2.99. The van der Waals surface area contributed by atoms with Crippen LogP contribution in [0.3, 0.4) is 0 Å². The van der Waals surface area contributed by atoms with Crippen LogP contribution in [0, 0.1) is 0 Å². The molecule has 0 aliphatic carbocycles. The first-order valence-corrected chi connectivity index (χ1v) is 9.45. The summed E-state index contributed by atoms with van der Waals surface area (Å²) in [7, 11) is 2.04. The number of benzene rings is 2. The highest BCUT2D eigenvalue weighted by Gasteiger charge is 2.13. The molecule has 0 aliphatic heterocycles. The lowest BCUT2D eigenvalue weighted by Crippen LogP contribution is -2.18. The van der Waals surface area contributed by atoms with Crippen LogP contribution in [0.25, 0.3) is 10.1 Å². The molecule has 0 aliphatic rings. The number of thioether (sulfide) groups is 1. The Balaban J connectivity index is 1.79. The van der Waals surface area contributed by atoms with E-state index < -0.39 is 0 Å². The minimum Gasteiger partial charge on any atom is -0.312 e. The van der Waals surface area contributed by atoms with Crippen LogP contribution in [0.15, 0.2) is 63.3 Å². The smallest absolute Gasteiger partial charge is 0.0427 e. The molecule has 1 N–H and O–H groups in total. The molecule has 3 aromatic rings. The first-order valence-electron chi connectivity index (χ1n) is 6.79. The molecule has 2 aromatic carbocycles. The largest absolute Gasteiger partial charge is 0.312 e. The van der Waals surface area contributed by atoms with Crippen LogP contribution in [0.1, 0.15) is 11.6 Å². The van der Waals surface area contributed by atoms with Gasteiger partial charge in [0.05, 0.1) is 0 Å². The fourth-order valence-corrected chi connectivity index (χ4v) is 4.60. The van der Waals surface area contributed by atoms with Gasteiger partial charge in [0.25, 0.3) is 0 Å². The molecule has 1 aromatic heterocycles. The Morgan fingerprint density at radius 1 is 1.14 bits per heavy atom. The highest BCUT2D eigenvalue weighted by Crippen LogP contribution is 2.32. The summed E-state index contributed by atoms with van der Waals surface area (Å²) in [5.74, 6) is 1.02. The monoisotopic (exact) mass is 377 g/mol. The molecule has 4 heteroatoms. The van der Waals surface area contributed by atoms with Crippen molar-refractivity contribution in [2.45, 2.75) is 10.9 Å². The van der Waals surface area contributed by atoms with Crippen LogP contribution in [-0.2, 0) is 0 Å². The molecule has 0 spiro atoms. The number of halogens is 1. The Kier molecular flexibility index (Phi) is 5.01. The molecular weight excluding hydrogens is 362 g/mol. The maximum atomic E-state index is 3.48. The van der Waals surface area contributed by atoms with Gasteiger partial charge >= 0.3 is 0 Å². The van der Waals surface area contributed by atoms with Crippen LogP contribution < -0.4 is 5.32 Å². The Morgan fingerprint density at radius 2 is 1.95 bits per heavy atom. The lowest BCUT2D eigenvalue weighted by Gasteiger charge is -2.17. The summed E-state index contributed by atoms with van der Waals surface area (Å²) in [5.41, 5.74) is 1.40. The van der Waals surface area contributed by atoms with Crippen molar-refractivity contribution in [2.75, 3.05) is 12.8 Å². The molecule has 0 amide bonds. The predicted octanol–water partition coefficient (Wildman–Crippen LogP) is 5.72. The Labute approximate surface area is 141 Å². The van der Waals surface area contributed by atoms with Gasteiger partial charge in [-0.2, -0.15) is 0 Å². The summed E-state index contributed by atoms with van der Waals surface area (Å²) in [6.07, 6.45) is 0. The standard InChI is InChI=1S/C17H16BrNS2/c1-19-16(11-21-14-7-5-13(18)6-8-14)15-4-2-3-12-9-10-20-17(12)15/h2-10,16,19H,11H2,1H3. The van der Waals surface area contributed by atoms with E-state index in [-0.39, 0.29) is 0 Å². The van der Waals surface area contributed by atoms with Gasteiger partial charge in [-0.25, -0.2) is 0 Å². The normalized spacial score (nSPS) is 12.7. The molecule has 0 saturated heterocycles. The van der Waals surface area contributed by atoms with Crippen LogP contribution >= 0.6 is 39.0 Å². The summed E-state index contributed by atoms with van der Waals surface area (Å²) < 4.78 is 2.52. The van der Waals surface area contributed by atoms with Crippen molar-refractivity contribution < 1.29 is 0 Å². The number of fused-ring (bicyclic) bond motifs is 1. The molecule has 1 unspecified atom stereocenters. The van der Waals surface area contributed by atoms with E-state index in [1.165, 1.54) is 20.5 Å². The molecule has 0 bridgehead atoms. The second-order valence-electron chi connectivity index (χ2n) is 4.79. The molecule has 0 fully saturated rings. The van der Waals surface area contributed by atoms with Crippen molar-refractivity contribution in [1.29, 1.82) is 0 Å². The van der Waals surface area contributed by atoms with Crippen molar-refractivity contribution in [1.82, 2.24) is 5.32 Å². The van der Waals surface area contributed by atoms with Crippen LogP contribution in [0.2, 0.25) is 0 Å². The predicted molar refractivity (Wildman–Crippen MR) is 98.5 cm³/mol. The fraction of sp³-hybridized carbons (Fsp3) is 0.176. The van der Waals surface area contributed by atoms with Gasteiger partial charge in [-0.05, 0) is 53.7 Å². The summed E-state index contributed by atoms with van der Waals surface area (Å²) in [5, 5.41) is 6.97. The molecule has 0 radical (unpaired) electrons. The van der Waals surface area contributed by atoms with Crippen LogP contribution in [-0.4, -0.2) is 12.8 Å². The van der Waals surface area contributed by atoms with E-state index in [0.29, 0.717) is 6.04 Å². The Hall–Kier alpha value is -0.810. The van der Waals surface area contributed by atoms with E-state index >= 15 is 0 Å². The molecule has 1 atom stereocenters. The van der Waals surface area contributed by atoms with Crippen molar-refractivity contribution in [3.63, 3.8) is 0 Å². The lowest BCUT2D eigenvalue weighted by molar-refractivity contribution is 0.667. The van der Waals surface area contributed by atoms with E-state index in [1.807, 2.05) is 30.1 Å². The number of hydrogen-bond donors (Lipinski definition) is 1. The maximum Gasteiger partial charge on any atom is 0.0427 e. The van der Waals surface area contributed by atoms with Gasteiger partial charge in [0, 0.05) is 25.9 Å². The summed E-state index contributed by atoms with van der Waals surface area (Å²) in [6, 6.07) is 17.6. The molecule has 21 heavy (non-hydrogen) atoms. The van der Waals surface area contributed by atoms with E-state index in [1.54, 1.807) is 0 Å². The quantitative estimate of drug-likeness (QED) is 0.570. The fourth-order valence-electron chi connectivity index (χ4n) is 2.33. The topological polar surface area (TPSA) is 12.0 Å². The van der Waals surface area contributed by atoms with Gasteiger partial charge in [-0.1, -0.05) is 34.1 Å². The van der Waals surface area contributed by atoms with Gasteiger partial charge in [0.15, 0.2) is 0 Å². The Morgan fingerprint density at radius 3 is 2.71 bits per heavy atom. The third kappa shape index (κ3) is 3.51. The molecule has 108 valence electrons. The first kappa shape index (κ1) is 15.1. The summed E-state index contributed by atoms with van der Waals surface area (Å²) in [6.45, 7) is 0. The first-order chi connectivity index (χ1) is 10.3. The van der Waals surface area contributed by atoms with Crippen molar-refractivity contribution in [3.8, 4) is 0 Å². The van der Waals surface area contributed by atoms with E-state index in [9.17, 15) is 0 Å². The molecular formula is C17H16BrNS2. The zero-order valence-electron chi connectivity index (χ0n) is 11.7. The lowest BCUT2D eigenvalue weighted by atomic mass is 10.1. The minimum atomic E-state index is 0.362. The number of nitrogens with one attached hydrogen (secondary N) is 1. The van der Waals surface area contributed by atoms with Gasteiger partial charge < -0.3 is 5.32 Å². The minimum absolute atomic E-state index is 0.362. The highest BCUT2D eigenvalue weighted by atomic mass is 79.9. The summed E-state index contributed by atoms with van der Waals surface area (Å²) in [4.78, 5) is 1.30. The third-order valence-electron chi connectivity index (χ3n) is 3.46. The number of rotatable bonds is 5. The second-order valence-corrected chi connectivity index (χ2v) is 7.72. The molecule has 3 rings (SSSR count). The van der Waals surface area contributed by atoms with E-state index in [0.717, 1.165) is 10.2 Å². The SMILES string of the molecule is CNC(CSc1ccc(Br)cc1)c1cccc2ccsc12. The van der Waals surface area contributed by atoms with Crippen LogP contribution in [0.4, 0.5) is 0 Å². The number of thiophene rings is 1. The van der Waals surface area contributed by atoms with Gasteiger partial charge in [0.1, 0.15) is 0 Å². The zero-order valence-corrected chi connectivity index (χ0v) is 14.9. The van der Waals surface area contributed by atoms with Crippen molar-refractivity contribution in [2.24, 2.45) is 0 Å². The second kappa shape index (κ2) is 6.97. The number of hydrogen-bond acceptors (Lipinski definition) is 3.